The first-order valence-corrected chi connectivity index (χ1v) is 14.4. The fraction of sp³-hybridized carbons (Fsp3) is 0.353. The third kappa shape index (κ3) is 6.53. The van der Waals surface area contributed by atoms with Crippen LogP contribution in [0.2, 0.25) is 0 Å². The third-order valence-electron chi connectivity index (χ3n) is 7.92. The van der Waals surface area contributed by atoms with Gasteiger partial charge in [0.2, 0.25) is 0 Å². The molecule has 41 heavy (non-hydrogen) atoms. The number of rotatable bonds is 10. The first kappa shape index (κ1) is 28.6. The van der Waals surface area contributed by atoms with Crippen molar-refractivity contribution < 1.29 is 24.2 Å². The highest BCUT2D eigenvalue weighted by Crippen LogP contribution is 2.40. The number of morpholine rings is 1. The molecule has 0 unspecified atom stereocenters. The summed E-state index contributed by atoms with van der Waals surface area (Å²) in [6.45, 7) is 8.77. The molecule has 0 radical (unpaired) electrons. The zero-order valence-electron chi connectivity index (χ0n) is 23.8. The molecule has 1 amide bonds. The fourth-order valence-electron chi connectivity index (χ4n) is 5.56. The predicted octanol–water partition coefficient (Wildman–Crippen LogP) is 5.28. The average molecular weight is 555 g/mol. The van der Waals surface area contributed by atoms with Crippen molar-refractivity contribution in [3.8, 4) is 5.75 Å². The fourth-order valence-corrected chi connectivity index (χ4v) is 5.56. The number of aliphatic hydroxyl groups excluding tert-OH is 1. The van der Waals surface area contributed by atoms with Crippen molar-refractivity contribution in [3.05, 3.63) is 106 Å². The molecule has 2 saturated heterocycles. The van der Waals surface area contributed by atoms with Gasteiger partial charge in [-0.25, -0.2) is 0 Å². The van der Waals surface area contributed by atoms with Gasteiger partial charge in [-0.05, 0) is 60.2 Å². The predicted molar refractivity (Wildman–Crippen MR) is 159 cm³/mol. The number of Topliss-reactive ketones (excluding diaryl/α,β-unsaturated/α-hetero) is 1. The van der Waals surface area contributed by atoms with E-state index in [2.05, 4.69) is 11.8 Å². The van der Waals surface area contributed by atoms with Crippen LogP contribution >= 0.6 is 0 Å². The van der Waals surface area contributed by atoms with Gasteiger partial charge in [0.25, 0.3) is 11.7 Å². The lowest BCUT2D eigenvalue weighted by Crippen LogP contribution is -2.38. The second kappa shape index (κ2) is 13.1. The van der Waals surface area contributed by atoms with Crippen LogP contribution in [-0.4, -0.2) is 66.0 Å². The molecule has 0 saturated carbocycles. The van der Waals surface area contributed by atoms with Gasteiger partial charge in [0, 0.05) is 31.7 Å². The summed E-state index contributed by atoms with van der Waals surface area (Å²) < 4.78 is 11.4. The van der Waals surface area contributed by atoms with E-state index in [1.807, 2.05) is 67.6 Å². The van der Waals surface area contributed by atoms with Crippen molar-refractivity contribution in [1.82, 2.24) is 9.80 Å². The first-order chi connectivity index (χ1) is 20.0. The zero-order valence-corrected chi connectivity index (χ0v) is 23.8. The number of carbonyl (C=O) groups excluding carboxylic acids is 2. The van der Waals surface area contributed by atoms with Crippen molar-refractivity contribution >= 4 is 17.4 Å². The van der Waals surface area contributed by atoms with Gasteiger partial charge in [-0.1, -0.05) is 61.5 Å². The number of aliphatic hydroxyl groups is 1. The molecule has 2 fully saturated rings. The Morgan fingerprint density at radius 3 is 2.37 bits per heavy atom. The van der Waals surface area contributed by atoms with Gasteiger partial charge in [0.05, 0.1) is 24.8 Å². The number of ether oxygens (including phenoxy) is 2. The van der Waals surface area contributed by atoms with Crippen LogP contribution in [0.5, 0.6) is 5.75 Å². The zero-order chi connectivity index (χ0) is 28.8. The van der Waals surface area contributed by atoms with Crippen LogP contribution in [0.3, 0.4) is 0 Å². The summed E-state index contributed by atoms with van der Waals surface area (Å²) in [5.41, 5.74) is 4.44. The van der Waals surface area contributed by atoms with Gasteiger partial charge in [-0.2, -0.15) is 0 Å². The molecule has 0 bridgehead atoms. The van der Waals surface area contributed by atoms with E-state index in [0.717, 1.165) is 49.2 Å². The summed E-state index contributed by atoms with van der Waals surface area (Å²) >= 11 is 0. The highest BCUT2D eigenvalue weighted by atomic mass is 16.5. The maximum atomic E-state index is 13.5. The minimum absolute atomic E-state index is 0.131. The summed E-state index contributed by atoms with van der Waals surface area (Å²) in [5, 5.41) is 11.6. The van der Waals surface area contributed by atoms with Gasteiger partial charge >= 0.3 is 0 Å². The third-order valence-corrected chi connectivity index (χ3v) is 7.92. The minimum atomic E-state index is -0.654. The highest BCUT2D eigenvalue weighted by Gasteiger charge is 2.46. The molecule has 0 spiro atoms. The molecule has 3 aromatic carbocycles. The molecular weight excluding hydrogens is 516 g/mol. The lowest BCUT2D eigenvalue weighted by molar-refractivity contribution is -0.140. The number of carbonyl (C=O) groups is 2. The van der Waals surface area contributed by atoms with E-state index in [1.54, 1.807) is 17.0 Å². The molecule has 2 aliphatic heterocycles. The quantitative estimate of drug-likeness (QED) is 0.209. The summed E-state index contributed by atoms with van der Waals surface area (Å²) in [7, 11) is 0. The second-order valence-corrected chi connectivity index (χ2v) is 10.6. The second-order valence-electron chi connectivity index (χ2n) is 10.6. The largest absolute Gasteiger partial charge is 0.507 e. The Morgan fingerprint density at radius 1 is 0.951 bits per heavy atom. The molecule has 214 valence electrons. The molecule has 7 heteroatoms. The van der Waals surface area contributed by atoms with Crippen molar-refractivity contribution in [2.45, 2.75) is 39.3 Å². The van der Waals surface area contributed by atoms with E-state index in [9.17, 15) is 14.7 Å². The number of amides is 1. The Balaban J connectivity index is 1.43. The van der Waals surface area contributed by atoms with E-state index in [0.29, 0.717) is 37.7 Å². The monoisotopic (exact) mass is 554 g/mol. The maximum Gasteiger partial charge on any atom is 0.295 e. The maximum absolute atomic E-state index is 13.5. The van der Waals surface area contributed by atoms with Crippen LogP contribution in [0.15, 0.2) is 78.4 Å². The molecule has 1 N–H and O–H groups in total. The van der Waals surface area contributed by atoms with E-state index in [-0.39, 0.29) is 11.3 Å². The van der Waals surface area contributed by atoms with Crippen LogP contribution in [0.4, 0.5) is 0 Å². The Bertz CT molecular complexity index is 1390. The molecule has 0 aromatic heterocycles. The Hall–Kier alpha value is -3.94. The molecular formula is C34H38N2O5. The van der Waals surface area contributed by atoms with Crippen LogP contribution < -0.4 is 4.74 Å². The van der Waals surface area contributed by atoms with Gasteiger partial charge < -0.3 is 19.5 Å². The number of likely N-dealkylation sites (tertiary alicyclic amines) is 1. The number of aryl methyl sites for hydroxylation is 2. The lowest BCUT2D eigenvalue weighted by atomic mass is 9.93. The van der Waals surface area contributed by atoms with Gasteiger partial charge in [0.15, 0.2) is 0 Å². The molecule has 0 aliphatic carbocycles. The summed E-state index contributed by atoms with van der Waals surface area (Å²) in [6, 6.07) is 22.6. The molecule has 1 atom stereocenters. The van der Waals surface area contributed by atoms with Crippen LogP contribution in [0.1, 0.15) is 47.2 Å². The van der Waals surface area contributed by atoms with E-state index < -0.39 is 17.7 Å². The normalized spacial score (nSPS) is 19.1. The standard InChI is InChI=1S/C34H38N2O5/c1-3-25-10-12-27(13-11-25)31-30(33(38)34(39)36(31)17-7-16-35-18-20-40-21-19-35)32(37)29-15-14-28(22-24(29)2)41-23-26-8-5-4-6-9-26/h4-6,8-15,22,31,37H,3,7,16-21,23H2,1-2H3/b32-30+/t31-/m0/s1. The number of benzene rings is 3. The Labute approximate surface area is 242 Å². The number of ketones is 1. The average Bonchev–Trinajstić information content (AvgIpc) is 3.26. The van der Waals surface area contributed by atoms with Gasteiger partial charge in [0.1, 0.15) is 18.1 Å². The van der Waals surface area contributed by atoms with Crippen molar-refractivity contribution in [3.63, 3.8) is 0 Å². The highest BCUT2D eigenvalue weighted by molar-refractivity contribution is 6.46. The summed E-state index contributed by atoms with van der Waals surface area (Å²) in [6.07, 6.45) is 1.61. The van der Waals surface area contributed by atoms with Gasteiger partial charge in [-0.15, -0.1) is 0 Å². The molecule has 7 nitrogen and oxygen atoms in total. The first-order valence-electron chi connectivity index (χ1n) is 14.4. The topological polar surface area (TPSA) is 79.3 Å². The Kier molecular flexibility index (Phi) is 9.17. The van der Waals surface area contributed by atoms with Crippen molar-refractivity contribution in [2.24, 2.45) is 0 Å². The SMILES string of the molecule is CCc1ccc([C@H]2/C(=C(\O)c3ccc(OCc4ccccc4)cc3C)C(=O)C(=O)N2CCCN2CCOCC2)cc1. The smallest absolute Gasteiger partial charge is 0.295 e. The van der Waals surface area contributed by atoms with Crippen molar-refractivity contribution in [2.75, 3.05) is 39.4 Å². The van der Waals surface area contributed by atoms with E-state index in [4.69, 9.17) is 9.47 Å². The van der Waals surface area contributed by atoms with E-state index >= 15 is 0 Å². The lowest BCUT2D eigenvalue weighted by Gasteiger charge is -2.29. The van der Waals surface area contributed by atoms with Crippen LogP contribution in [0.25, 0.3) is 5.76 Å². The summed E-state index contributed by atoms with van der Waals surface area (Å²) in [5.74, 6) is -0.713. The number of hydrogen-bond donors (Lipinski definition) is 1. The molecule has 3 aromatic rings. The molecule has 5 rings (SSSR count). The summed E-state index contributed by atoms with van der Waals surface area (Å²) in [4.78, 5) is 30.8. The Morgan fingerprint density at radius 2 is 1.68 bits per heavy atom. The van der Waals surface area contributed by atoms with Crippen LogP contribution in [-0.2, 0) is 27.4 Å². The molecule has 2 aliphatic rings. The molecule has 2 heterocycles. The van der Waals surface area contributed by atoms with Crippen molar-refractivity contribution in [1.29, 1.82) is 0 Å². The van der Waals surface area contributed by atoms with E-state index in [1.165, 1.54) is 5.56 Å². The number of nitrogens with zero attached hydrogens (tertiary/aromatic N) is 2. The van der Waals surface area contributed by atoms with Crippen LogP contribution in [0, 0.1) is 6.92 Å². The number of hydrogen-bond acceptors (Lipinski definition) is 6. The van der Waals surface area contributed by atoms with Gasteiger partial charge in [-0.3, -0.25) is 14.5 Å². The minimum Gasteiger partial charge on any atom is -0.507 e.